The number of aliphatic hydroxyl groups excluding tert-OH is 1. The standard InChI is InChI=1S/C23H31N3O4.C6H10/c1-16(2)21(29)25-9-8-23(30,22(3,4)13-25)14-26-15-24-19(11-20(26)28)18-7-5-6-17(10-18)12-27;1-2-5-4-6(5)3-1/h5-7,10-11,15-16,27,30H,8-9,12-14H2,1-4H3;5-6H,1-4H2. The van der Waals surface area contributed by atoms with Crippen LogP contribution >= 0.6 is 0 Å². The number of amides is 1. The van der Waals surface area contributed by atoms with Crippen molar-refractivity contribution in [2.75, 3.05) is 13.1 Å². The molecule has 2 aliphatic carbocycles. The first kappa shape index (κ1) is 26.6. The molecule has 1 saturated heterocycles. The van der Waals surface area contributed by atoms with E-state index in [0.717, 1.165) is 11.1 Å². The zero-order valence-electron chi connectivity index (χ0n) is 22.1. The molecule has 2 saturated carbocycles. The van der Waals surface area contributed by atoms with Crippen molar-refractivity contribution in [1.29, 1.82) is 0 Å². The van der Waals surface area contributed by atoms with Gasteiger partial charge >= 0.3 is 0 Å². The lowest BCUT2D eigenvalue weighted by Crippen LogP contribution is -2.61. The Morgan fingerprint density at radius 3 is 2.44 bits per heavy atom. The second-order valence-electron chi connectivity index (χ2n) is 11.9. The van der Waals surface area contributed by atoms with Crippen molar-refractivity contribution in [3.05, 3.63) is 52.6 Å². The number of nitrogens with zero attached hydrogens (tertiary/aromatic N) is 3. The summed E-state index contributed by atoms with van der Waals surface area (Å²) in [6.45, 7) is 8.55. The minimum absolute atomic E-state index is 0.0800. The maximum Gasteiger partial charge on any atom is 0.253 e. The van der Waals surface area contributed by atoms with Gasteiger partial charge in [-0.15, -0.1) is 0 Å². The number of aromatic nitrogens is 2. The van der Waals surface area contributed by atoms with Crippen molar-refractivity contribution >= 4 is 5.91 Å². The molecule has 3 unspecified atom stereocenters. The van der Waals surface area contributed by atoms with Gasteiger partial charge < -0.3 is 15.1 Å². The summed E-state index contributed by atoms with van der Waals surface area (Å²) in [5, 5.41) is 20.7. The molecule has 1 aromatic heterocycles. The molecule has 36 heavy (non-hydrogen) atoms. The zero-order chi connectivity index (χ0) is 26.1. The van der Waals surface area contributed by atoms with E-state index in [1.165, 1.54) is 35.2 Å². The van der Waals surface area contributed by atoms with Gasteiger partial charge in [0.2, 0.25) is 5.91 Å². The molecular formula is C29H41N3O4. The van der Waals surface area contributed by atoms with Crippen molar-refractivity contribution in [2.45, 2.75) is 78.6 Å². The van der Waals surface area contributed by atoms with Crippen LogP contribution in [0.1, 0.15) is 65.4 Å². The molecule has 1 aromatic carbocycles. The Morgan fingerprint density at radius 2 is 1.92 bits per heavy atom. The van der Waals surface area contributed by atoms with Crippen LogP contribution in [0.25, 0.3) is 11.3 Å². The predicted octanol–water partition coefficient (Wildman–Crippen LogP) is 3.85. The largest absolute Gasteiger partial charge is 0.392 e. The van der Waals surface area contributed by atoms with Gasteiger partial charge in [0.1, 0.15) is 0 Å². The first-order chi connectivity index (χ1) is 17.0. The van der Waals surface area contributed by atoms with Gasteiger partial charge in [-0.2, -0.15) is 0 Å². The summed E-state index contributed by atoms with van der Waals surface area (Å²) < 4.78 is 1.43. The number of fused-ring (bicyclic) bond motifs is 1. The number of carbonyl (C=O) groups is 1. The van der Waals surface area contributed by atoms with E-state index in [4.69, 9.17) is 0 Å². The highest BCUT2D eigenvalue weighted by atomic mass is 16.3. The number of rotatable bonds is 5. The quantitative estimate of drug-likeness (QED) is 0.657. The summed E-state index contributed by atoms with van der Waals surface area (Å²) in [5.41, 5.74) is 0.0607. The molecule has 0 spiro atoms. The maximum atomic E-state index is 12.8. The molecule has 7 nitrogen and oxygen atoms in total. The molecule has 2 heterocycles. The maximum absolute atomic E-state index is 12.8. The van der Waals surface area contributed by atoms with Crippen molar-refractivity contribution in [2.24, 2.45) is 23.2 Å². The highest BCUT2D eigenvalue weighted by Crippen LogP contribution is 2.51. The monoisotopic (exact) mass is 495 g/mol. The average Bonchev–Trinajstić information content (AvgIpc) is 3.46. The van der Waals surface area contributed by atoms with Crippen LogP contribution in [0.15, 0.2) is 41.5 Å². The SMILES string of the molecule is C1CC2CC2C1.CC(C)C(=O)N1CCC(O)(Cn2cnc(-c3cccc(CO)c3)cc2=O)C(C)(C)C1. The molecular weight excluding hydrogens is 454 g/mol. The van der Waals surface area contributed by atoms with Crippen LogP contribution in [-0.4, -0.2) is 49.3 Å². The van der Waals surface area contributed by atoms with Crippen LogP contribution in [0.3, 0.4) is 0 Å². The van der Waals surface area contributed by atoms with Gasteiger partial charge in [-0.3, -0.25) is 14.2 Å². The Bertz CT molecular complexity index is 1130. The van der Waals surface area contributed by atoms with Crippen LogP contribution < -0.4 is 5.56 Å². The highest BCUT2D eigenvalue weighted by molar-refractivity contribution is 5.78. The molecule has 2 aromatic rings. The number of hydrogen-bond donors (Lipinski definition) is 2. The summed E-state index contributed by atoms with van der Waals surface area (Å²) >= 11 is 0. The van der Waals surface area contributed by atoms with Crippen molar-refractivity contribution in [1.82, 2.24) is 14.5 Å². The van der Waals surface area contributed by atoms with E-state index >= 15 is 0 Å². The zero-order valence-corrected chi connectivity index (χ0v) is 22.1. The summed E-state index contributed by atoms with van der Waals surface area (Å²) in [6.07, 6.45) is 8.10. The molecule has 0 bridgehead atoms. The van der Waals surface area contributed by atoms with E-state index in [2.05, 4.69) is 4.98 Å². The van der Waals surface area contributed by atoms with Crippen LogP contribution in [0.5, 0.6) is 0 Å². The summed E-state index contributed by atoms with van der Waals surface area (Å²) in [5.74, 6) is 2.42. The highest BCUT2D eigenvalue weighted by Gasteiger charge is 2.49. The molecule has 1 aliphatic heterocycles. The molecule has 1 amide bonds. The molecule has 196 valence electrons. The molecule has 3 aliphatic rings. The number of aliphatic hydroxyl groups is 2. The lowest BCUT2D eigenvalue weighted by Gasteiger charge is -2.50. The van der Waals surface area contributed by atoms with E-state index in [1.807, 2.05) is 39.8 Å². The predicted molar refractivity (Wildman–Crippen MR) is 140 cm³/mol. The van der Waals surface area contributed by atoms with Crippen LogP contribution in [0.4, 0.5) is 0 Å². The topological polar surface area (TPSA) is 95.7 Å². The molecule has 0 radical (unpaired) electrons. The first-order valence-electron chi connectivity index (χ1n) is 13.3. The molecule has 2 N–H and O–H groups in total. The molecule has 3 fully saturated rings. The fourth-order valence-corrected chi connectivity index (χ4v) is 5.68. The second kappa shape index (κ2) is 10.5. The molecule has 3 atom stereocenters. The fourth-order valence-electron chi connectivity index (χ4n) is 5.68. The smallest absolute Gasteiger partial charge is 0.253 e. The minimum Gasteiger partial charge on any atom is -0.392 e. The molecule has 5 rings (SSSR count). The van der Waals surface area contributed by atoms with E-state index < -0.39 is 11.0 Å². The average molecular weight is 496 g/mol. The van der Waals surface area contributed by atoms with Crippen LogP contribution in [0.2, 0.25) is 0 Å². The third-order valence-electron chi connectivity index (χ3n) is 8.38. The van der Waals surface area contributed by atoms with Crippen molar-refractivity contribution < 1.29 is 15.0 Å². The normalized spacial score (nSPS) is 26.2. The summed E-state index contributed by atoms with van der Waals surface area (Å²) in [7, 11) is 0. The third-order valence-corrected chi connectivity index (χ3v) is 8.38. The summed E-state index contributed by atoms with van der Waals surface area (Å²) in [6, 6.07) is 8.70. The number of likely N-dealkylation sites (tertiary alicyclic amines) is 1. The van der Waals surface area contributed by atoms with Gasteiger partial charge in [0.15, 0.2) is 0 Å². The Balaban J connectivity index is 0.000000434. The van der Waals surface area contributed by atoms with E-state index in [1.54, 1.807) is 36.3 Å². The van der Waals surface area contributed by atoms with Gasteiger partial charge in [-0.1, -0.05) is 65.2 Å². The van der Waals surface area contributed by atoms with E-state index in [9.17, 15) is 19.8 Å². The Morgan fingerprint density at radius 1 is 1.19 bits per heavy atom. The fraction of sp³-hybridized carbons (Fsp3) is 0.621. The van der Waals surface area contributed by atoms with Gasteiger partial charge in [0.25, 0.3) is 5.56 Å². The number of benzene rings is 1. The van der Waals surface area contributed by atoms with Gasteiger partial charge in [0.05, 0.1) is 30.8 Å². The Labute approximate surface area is 214 Å². The summed E-state index contributed by atoms with van der Waals surface area (Å²) in [4.78, 5) is 31.3. The lowest BCUT2D eigenvalue weighted by atomic mass is 9.69. The van der Waals surface area contributed by atoms with Crippen LogP contribution in [0, 0.1) is 23.2 Å². The van der Waals surface area contributed by atoms with Crippen molar-refractivity contribution in [3.63, 3.8) is 0 Å². The van der Waals surface area contributed by atoms with Gasteiger partial charge in [0, 0.05) is 36.1 Å². The second-order valence-corrected chi connectivity index (χ2v) is 11.9. The van der Waals surface area contributed by atoms with Crippen molar-refractivity contribution in [3.8, 4) is 11.3 Å². The number of carbonyl (C=O) groups excluding carboxylic acids is 1. The Hall–Kier alpha value is -2.51. The first-order valence-corrected chi connectivity index (χ1v) is 13.3. The molecule has 7 heteroatoms. The van der Waals surface area contributed by atoms with Crippen LogP contribution in [-0.2, 0) is 17.9 Å². The van der Waals surface area contributed by atoms with E-state index in [0.29, 0.717) is 25.2 Å². The Kier molecular flexibility index (Phi) is 7.72. The third kappa shape index (κ3) is 5.73. The van der Waals surface area contributed by atoms with Gasteiger partial charge in [-0.05, 0) is 36.3 Å². The van der Waals surface area contributed by atoms with E-state index in [-0.39, 0.29) is 30.5 Å². The number of piperidine rings is 1. The van der Waals surface area contributed by atoms with Gasteiger partial charge in [-0.25, -0.2) is 4.98 Å². The lowest BCUT2D eigenvalue weighted by molar-refractivity contribution is -0.156. The minimum atomic E-state index is -1.13. The number of hydrogen-bond acceptors (Lipinski definition) is 5.